The molecular formula is C20H18BrFN4OS. The molecule has 2 heterocycles. The monoisotopic (exact) mass is 460 g/mol. The van der Waals surface area contributed by atoms with Gasteiger partial charge in [-0.15, -0.1) is 5.10 Å². The van der Waals surface area contributed by atoms with Gasteiger partial charge >= 0.3 is 0 Å². The molecule has 0 saturated heterocycles. The number of amides is 1. The smallest absolute Gasteiger partial charge is 0.276 e. The summed E-state index contributed by atoms with van der Waals surface area (Å²) in [5, 5.41) is 11.2. The summed E-state index contributed by atoms with van der Waals surface area (Å²) in [5.41, 5.74) is 1.21. The number of benzene rings is 2. The van der Waals surface area contributed by atoms with Crippen molar-refractivity contribution in [2.75, 3.05) is 5.75 Å². The highest BCUT2D eigenvalue weighted by Crippen LogP contribution is 2.31. The predicted octanol–water partition coefficient (Wildman–Crippen LogP) is 3.26. The maximum absolute atomic E-state index is 13.4. The molecule has 4 rings (SSSR count). The Morgan fingerprint density at radius 2 is 2.04 bits per heavy atom. The van der Waals surface area contributed by atoms with Crippen LogP contribution in [0.3, 0.4) is 0 Å². The zero-order valence-corrected chi connectivity index (χ0v) is 17.6. The number of hydrogen-bond acceptors (Lipinski definition) is 5. The van der Waals surface area contributed by atoms with Crippen molar-refractivity contribution in [3.05, 3.63) is 68.9 Å². The quantitative estimate of drug-likeness (QED) is 0.712. The van der Waals surface area contributed by atoms with Gasteiger partial charge in [0.2, 0.25) is 0 Å². The SMILES string of the molecule is CCCCSC1=NN2C(=c3cc(Br)ccc3=N[C@H]2c2ccc(F)cc2)C(=O)N1. The maximum Gasteiger partial charge on any atom is 0.276 e. The first-order chi connectivity index (χ1) is 13.6. The lowest BCUT2D eigenvalue weighted by Gasteiger charge is -2.34. The number of nitrogens with zero attached hydrogens (tertiary/aromatic N) is 3. The Hall–Kier alpha value is -2.19. The van der Waals surface area contributed by atoms with Crippen LogP contribution in [0.4, 0.5) is 4.39 Å². The third-order valence-electron chi connectivity index (χ3n) is 4.47. The van der Waals surface area contributed by atoms with Gasteiger partial charge in [0.15, 0.2) is 11.3 Å². The maximum atomic E-state index is 13.4. The summed E-state index contributed by atoms with van der Waals surface area (Å²) in [7, 11) is 0. The zero-order valence-electron chi connectivity index (χ0n) is 15.2. The standard InChI is InChI=1S/C20H18BrFN4OS/c1-2-3-10-28-20-24-19(27)17-15-11-13(21)6-9-16(15)23-18(26(17)25-20)12-4-7-14(22)8-5-12/h4-9,11,18H,2-3,10H2,1H3,(H,24,25,27)/t18-/m1/s1. The highest BCUT2D eigenvalue weighted by atomic mass is 79.9. The van der Waals surface area contributed by atoms with Crippen molar-refractivity contribution in [3.8, 4) is 0 Å². The molecule has 0 saturated carbocycles. The highest BCUT2D eigenvalue weighted by molar-refractivity contribution is 9.10. The van der Waals surface area contributed by atoms with Crippen molar-refractivity contribution in [1.82, 2.24) is 10.3 Å². The summed E-state index contributed by atoms with van der Waals surface area (Å²) in [6, 6.07) is 11.8. The molecule has 144 valence electrons. The molecule has 1 amide bonds. The van der Waals surface area contributed by atoms with Crippen molar-refractivity contribution in [1.29, 1.82) is 0 Å². The van der Waals surface area contributed by atoms with Crippen molar-refractivity contribution in [3.63, 3.8) is 0 Å². The number of carbonyl (C=O) groups is 1. The molecule has 0 radical (unpaired) electrons. The lowest BCUT2D eigenvalue weighted by atomic mass is 10.1. The molecule has 1 atom stereocenters. The molecule has 28 heavy (non-hydrogen) atoms. The Kier molecular flexibility index (Phi) is 5.50. The minimum absolute atomic E-state index is 0.213. The van der Waals surface area contributed by atoms with E-state index in [1.807, 2.05) is 18.2 Å². The van der Waals surface area contributed by atoms with Gasteiger partial charge in [-0.2, -0.15) is 0 Å². The Balaban J connectivity index is 1.85. The van der Waals surface area contributed by atoms with Crippen LogP contribution in [0.5, 0.6) is 0 Å². The Bertz CT molecular complexity index is 1070. The van der Waals surface area contributed by atoms with Crippen LogP contribution < -0.4 is 15.9 Å². The van der Waals surface area contributed by atoms with Gasteiger partial charge < -0.3 is 0 Å². The molecule has 0 spiro atoms. The first-order valence-electron chi connectivity index (χ1n) is 9.02. The second kappa shape index (κ2) is 8.05. The van der Waals surface area contributed by atoms with Gasteiger partial charge in [-0.25, -0.2) is 9.40 Å². The average molecular weight is 461 g/mol. The summed E-state index contributed by atoms with van der Waals surface area (Å²) >= 11 is 4.98. The lowest BCUT2D eigenvalue weighted by Crippen LogP contribution is -2.50. The molecule has 2 aliphatic rings. The number of rotatable bonds is 4. The number of hydrazone groups is 1. The molecule has 0 aliphatic carbocycles. The number of halogens is 2. The zero-order chi connectivity index (χ0) is 19.7. The molecule has 0 bridgehead atoms. The van der Waals surface area contributed by atoms with Gasteiger partial charge in [0.1, 0.15) is 11.5 Å². The number of fused-ring (bicyclic) bond motifs is 2. The number of carbonyl (C=O) groups excluding carboxylic acids is 1. The Morgan fingerprint density at radius 3 is 2.79 bits per heavy atom. The largest absolute Gasteiger partial charge is 0.298 e. The van der Waals surface area contributed by atoms with E-state index in [0.29, 0.717) is 21.4 Å². The number of amidine groups is 1. The summed E-state index contributed by atoms with van der Waals surface area (Å²) in [6.45, 7) is 2.12. The van der Waals surface area contributed by atoms with Crippen molar-refractivity contribution >= 4 is 44.5 Å². The van der Waals surface area contributed by atoms with E-state index in [4.69, 9.17) is 4.99 Å². The van der Waals surface area contributed by atoms with Crippen molar-refractivity contribution < 1.29 is 9.18 Å². The second-order valence-corrected chi connectivity index (χ2v) is 8.47. The lowest BCUT2D eigenvalue weighted by molar-refractivity contribution is -0.116. The fourth-order valence-corrected chi connectivity index (χ4v) is 4.38. The average Bonchev–Trinajstić information content (AvgIpc) is 2.68. The van der Waals surface area contributed by atoms with Crippen LogP contribution in [0.2, 0.25) is 0 Å². The van der Waals surface area contributed by atoms with Gasteiger partial charge in [-0.05, 0) is 42.3 Å². The molecule has 2 aromatic carbocycles. The van der Waals surface area contributed by atoms with E-state index in [-0.39, 0.29) is 11.7 Å². The third kappa shape index (κ3) is 3.71. The first kappa shape index (κ1) is 19.1. The van der Waals surface area contributed by atoms with Gasteiger partial charge in [0, 0.05) is 15.4 Å². The van der Waals surface area contributed by atoms with Crippen LogP contribution in [0, 0.1) is 5.82 Å². The van der Waals surface area contributed by atoms with Gasteiger partial charge in [-0.1, -0.05) is 53.2 Å². The van der Waals surface area contributed by atoms with Crippen molar-refractivity contribution in [2.24, 2.45) is 10.1 Å². The molecule has 5 nitrogen and oxygen atoms in total. The number of nitrogens with one attached hydrogen (secondary N) is 1. The van der Waals surface area contributed by atoms with E-state index < -0.39 is 6.17 Å². The molecule has 2 aliphatic heterocycles. The highest BCUT2D eigenvalue weighted by Gasteiger charge is 2.34. The van der Waals surface area contributed by atoms with Crippen LogP contribution in [0.25, 0.3) is 5.70 Å². The Labute approximate surface area is 174 Å². The molecule has 2 aromatic rings. The fraction of sp³-hybridized carbons (Fsp3) is 0.250. The van der Waals surface area contributed by atoms with E-state index in [1.165, 1.54) is 23.9 Å². The van der Waals surface area contributed by atoms with Crippen LogP contribution in [0.1, 0.15) is 31.5 Å². The van der Waals surface area contributed by atoms with E-state index in [2.05, 4.69) is 33.3 Å². The van der Waals surface area contributed by atoms with E-state index in [0.717, 1.165) is 28.6 Å². The minimum atomic E-state index is -0.530. The van der Waals surface area contributed by atoms with Crippen LogP contribution in [0.15, 0.2) is 57.0 Å². The number of thioether (sulfide) groups is 1. The second-order valence-electron chi connectivity index (χ2n) is 6.47. The number of unbranched alkanes of at least 4 members (excludes halogenated alkanes) is 1. The molecule has 0 fully saturated rings. The van der Waals surface area contributed by atoms with Crippen molar-refractivity contribution in [2.45, 2.75) is 25.9 Å². The molecule has 8 heteroatoms. The third-order valence-corrected chi connectivity index (χ3v) is 5.92. The Morgan fingerprint density at radius 1 is 1.25 bits per heavy atom. The summed E-state index contributed by atoms with van der Waals surface area (Å²) in [6.07, 6.45) is 1.58. The van der Waals surface area contributed by atoms with Gasteiger partial charge in [0.25, 0.3) is 5.91 Å². The summed E-state index contributed by atoms with van der Waals surface area (Å²) in [5.74, 6) is 0.346. The fourth-order valence-electron chi connectivity index (χ4n) is 3.08. The van der Waals surface area contributed by atoms with E-state index in [9.17, 15) is 9.18 Å². The van der Waals surface area contributed by atoms with E-state index in [1.54, 1.807) is 17.1 Å². The molecule has 1 N–H and O–H groups in total. The molecule has 0 unspecified atom stereocenters. The molecule has 0 aromatic heterocycles. The predicted molar refractivity (Wildman–Crippen MR) is 112 cm³/mol. The molecular weight excluding hydrogens is 443 g/mol. The van der Waals surface area contributed by atoms with Crippen LogP contribution in [-0.4, -0.2) is 21.8 Å². The summed E-state index contributed by atoms with van der Waals surface area (Å²) < 4.78 is 14.3. The van der Waals surface area contributed by atoms with Gasteiger partial charge in [-0.3, -0.25) is 15.1 Å². The van der Waals surface area contributed by atoms with Crippen LogP contribution >= 0.6 is 27.7 Å². The van der Waals surface area contributed by atoms with Gasteiger partial charge in [0.05, 0.1) is 5.36 Å². The first-order valence-corrected chi connectivity index (χ1v) is 10.8. The summed E-state index contributed by atoms with van der Waals surface area (Å²) in [4.78, 5) is 17.8. The van der Waals surface area contributed by atoms with Crippen LogP contribution in [-0.2, 0) is 4.79 Å². The topological polar surface area (TPSA) is 57.1 Å². The minimum Gasteiger partial charge on any atom is -0.298 e. The number of hydrogen-bond donors (Lipinski definition) is 1. The van der Waals surface area contributed by atoms with E-state index >= 15 is 0 Å². The normalized spacial score (nSPS) is 18.0.